The SMILES string of the molecule is CC1OC2[C@H](O)CO[C@@H]2[C@@H](CO)O1. The van der Waals surface area contributed by atoms with Gasteiger partial charge >= 0.3 is 0 Å². The van der Waals surface area contributed by atoms with Crippen molar-refractivity contribution in [1.29, 1.82) is 0 Å². The van der Waals surface area contributed by atoms with E-state index < -0.39 is 12.4 Å². The molecule has 0 bridgehead atoms. The van der Waals surface area contributed by atoms with Gasteiger partial charge in [0, 0.05) is 0 Å². The molecule has 0 radical (unpaired) electrons. The Kier molecular flexibility index (Phi) is 2.53. The lowest BCUT2D eigenvalue weighted by atomic mass is 10.1. The van der Waals surface area contributed by atoms with E-state index in [1.807, 2.05) is 0 Å². The second-order valence-corrected chi connectivity index (χ2v) is 3.39. The van der Waals surface area contributed by atoms with Gasteiger partial charge in [-0.1, -0.05) is 0 Å². The lowest BCUT2D eigenvalue weighted by Crippen LogP contribution is -2.51. The van der Waals surface area contributed by atoms with Crippen molar-refractivity contribution in [3.05, 3.63) is 0 Å². The minimum atomic E-state index is -0.606. The van der Waals surface area contributed by atoms with Gasteiger partial charge in [0.05, 0.1) is 13.2 Å². The van der Waals surface area contributed by atoms with Gasteiger partial charge < -0.3 is 24.4 Å². The molecule has 2 N–H and O–H groups in total. The summed E-state index contributed by atoms with van der Waals surface area (Å²) in [6.07, 6.45) is -2.08. The molecule has 5 nitrogen and oxygen atoms in total. The first kappa shape index (κ1) is 9.36. The Morgan fingerprint density at radius 3 is 2.77 bits per heavy atom. The number of fused-ring (bicyclic) bond motifs is 1. The summed E-state index contributed by atoms with van der Waals surface area (Å²) >= 11 is 0. The highest BCUT2D eigenvalue weighted by atomic mass is 16.7. The topological polar surface area (TPSA) is 68.2 Å². The molecule has 0 aromatic heterocycles. The maximum atomic E-state index is 9.47. The van der Waals surface area contributed by atoms with Crippen LogP contribution in [0.2, 0.25) is 0 Å². The fourth-order valence-electron chi connectivity index (χ4n) is 1.83. The molecule has 13 heavy (non-hydrogen) atoms. The number of hydrogen-bond acceptors (Lipinski definition) is 5. The number of aliphatic hydroxyl groups is 2. The Morgan fingerprint density at radius 2 is 2.08 bits per heavy atom. The Hall–Kier alpha value is -0.200. The first-order valence-corrected chi connectivity index (χ1v) is 4.44. The summed E-state index contributed by atoms with van der Waals surface area (Å²) in [4.78, 5) is 0. The second-order valence-electron chi connectivity index (χ2n) is 3.39. The average Bonchev–Trinajstić information content (AvgIpc) is 2.47. The van der Waals surface area contributed by atoms with Gasteiger partial charge in [0.25, 0.3) is 0 Å². The first-order valence-electron chi connectivity index (χ1n) is 4.44. The number of aliphatic hydroxyl groups excluding tert-OH is 2. The summed E-state index contributed by atoms with van der Waals surface area (Å²) in [5, 5.41) is 18.5. The molecule has 0 aliphatic carbocycles. The quantitative estimate of drug-likeness (QED) is 0.547. The minimum absolute atomic E-state index is 0.110. The Balaban J connectivity index is 2.08. The fourth-order valence-corrected chi connectivity index (χ4v) is 1.83. The van der Waals surface area contributed by atoms with Gasteiger partial charge in [-0.15, -0.1) is 0 Å². The zero-order valence-corrected chi connectivity index (χ0v) is 7.42. The molecule has 2 heterocycles. The van der Waals surface area contributed by atoms with E-state index in [4.69, 9.17) is 19.3 Å². The molecular formula is C8H14O5. The summed E-state index contributed by atoms with van der Waals surface area (Å²) in [7, 11) is 0. The van der Waals surface area contributed by atoms with E-state index in [-0.39, 0.29) is 31.5 Å². The molecule has 0 aromatic carbocycles. The third-order valence-corrected chi connectivity index (χ3v) is 2.42. The molecule has 0 amide bonds. The summed E-state index contributed by atoms with van der Waals surface area (Å²) in [6.45, 7) is 1.88. The predicted molar refractivity (Wildman–Crippen MR) is 42.0 cm³/mol. The highest BCUT2D eigenvalue weighted by Gasteiger charge is 2.46. The predicted octanol–water partition coefficient (Wildman–Crippen LogP) is -1.13. The molecule has 2 aliphatic rings. The third-order valence-electron chi connectivity index (χ3n) is 2.42. The third kappa shape index (κ3) is 1.58. The minimum Gasteiger partial charge on any atom is -0.394 e. The fraction of sp³-hybridized carbons (Fsp3) is 1.00. The van der Waals surface area contributed by atoms with Crippen molar-refractivity contribution in [3.8, 4) is 0 Å². The van der Waals surface area contributed by atoms with E-state index in [2.05, 4.69) is 0 Å². The van der Waals surface area contributed by atoms with E-state index in [1.54, 1.807) is 6.92 Å². The summed E-state index contributed by atoms with van der Waals surface area (Å²) in [6, 6.07) is 0. The van der Waals surface area contributed by atoms with Gasteiger partial charge in [0.2, 0.25) is 0 Å². The van der Waals surface area contributed by atoms with E-state index >= 15 is 0 Å². The molecule has 76 valence electrons. The lowest BCUT2D eigenvalue weighted by Gasteiger charge is -2.36. The van der Waals surface area contributed by atoms with Crippen molar-refractivity contribution < 1.29 is 24.4 Å². The molecule has 2 fully saturated rings. The molecule has 5 atom stereocenters. The maximum Gasteiger partial charge on any atom is 0.156 e. The normalized spacial score (nSPS) is 50.5. The molecule has 0 aromatic rings. The molecule has 2 saturated heterocycles. The average molecular weight is 190 g/mol. The number of ether oxygens (including phenoxy) is 3. The van der Waals surface area contributed by atoms with Crippen LogP contribution < -0.4 is 0 Å². The molecule has 0 saturated carbocycles. The largest absolute Gasteiger partial charge is 0.394 e. The van der Waals surface area contributed by atoms with Gasteiger partial charge in [-0.05, 0) is 6.92 Å². The van der Waals surface area contributed by atoms with E-state index in [0.29, 0.717) is 0 Å². The van der Waals surface area contributed by atoms with Crippen LogP contribution in [0.15, 0.2) is 0 Å². The Labute approximate surface area is 76.2 Å². The van der Waals surface area contributed by atoms with Crippen LogP contribution in [-0.2, 0) is 14.2 Å². The van der Waals surface area contributed by atoms with Crippen LogP contribution >= 0.6 is 0 Å². The first-order chi connectivity index (χ1) is 6.22. The smallest absolute Gasteiger partial charge is 0.156 e. The van der Waals surface area contributed by atoms with E-state index in [9.17, 15) is 5.11 Å². The van der Waals surface area contributed by atoms with Gasteiger partial charge in [-0.3, -0.25) is 0 Å². The summed E-state index contributed by atoms with van der Waals surface area (Å²) in [5.41, 5.74) is 0. The van der Waals surface area contributed by atoms with Gasteiger partial charge in [-0.2, -0.15) is 0 Å². The monoisotopic (exact) mass is 190 g/mol. The van der Waals surface area contributed by atoms with Crippen LogP contribution in [0.4, 0.5) is 0 Å². The van der Waals surface area contributed by atoms with Gasteiger partial charge in [0.1, 0.15) is 24.4 Å². The van der Waals surface area contributed by atoms with Crippen LogP contribution in [0.1, 0.15) is 6.92 Å². The van der Waals surface area contributed by atoms with Crippen LogP contribution in [0.25, 0.3) is 0 Å². The van der Waals surface area contributed by atoms with Crippen LogP contribution in [0.3, 0.4) is 0 Å². The molecule has 2 aliphatic heterocycles. The van der Waals surface area contributed by atoms with Crippen LogP contribution in [-0.4, -0.2) is 54.1 Å². The maximum absolute atomic E-state index is 9.47. The zero-order valence-electron chi connectivity index (χ0n) is 7.42. The van der Waals surface area contributed by atoms with Gasteiger partial charge in [0.15, 0.2) is 6.29 Å². The van der Waals surface area contributed by atoms with E-state index in [0.717, 1.165) is 0 Å². The van der Waals surface area contributed by atoms with Gasteiger partial charge in [-0.25, -0.2) is 0 Å². The Morgan fingerprint density at radius 1 is 1.31 bits per heavy atom. The molecule has 2 unspecified atom stereocenters. The van der Waals surface area contributed by atoms with Crippen molar-refractivity contribution in [2.75, 3.05) is 13.2 Å². The number of hydrogen-bond donors (Lipinski definition) is 2. The zero-order chi connectivity index (χ0) is 9.42. The van der Waals surface area contributed by atoms with Crippen molar-refractivity contribution in [2.24, 2.45) is 0 Å². The molecule has 5 heteroatoms. The number of rotatable bonds is 1. The van der Waals surface area contributed by atoms with Crippen molar-refractivity contribution in [2.45, 2.75) is 37.6 Å². The molecular weight excluding hydrogens is 176 g/mol. The van der Waals surface area contributed by atoms with E-state index in [1.165, 1.54) is 0 Å². The standard InChI is InChI=1S/C8H14O5/c1-4-12-6(2-9)8-7(13-4)5(10)3-11-8/h4-10H,2-3H2,1H3/t4?,5-,6-,7?,8-/m1/s1. The van der Waals surface area contributed by atoms with Crippen molar-refractivity contribution in [1.82, 2.24) is 0 Å². The lowest BCUT2D eigenvalue weighted by molar-refractivity contribution is -0.276. The second kappa shape index (κ2) is 3.51. The highest BCUT2D eigenvalue weighted by molar-refractivity contribution is 4.92. The summed E-state index contributed by atoms with van der Waals surface area (Å²) < 4.78 is 15.9. The summed E-state index contributed by atoms with van der Waals surface area (Å²) in [5.74, 6) is 0. The van der Waals surface area contributed by atoms with Crippen LogP contribution in [0, 0.1) is 0 Å². The van der Waals surface area contributed by atoms with Crippen molar-refractivity contribution in [3.63, 3.8) is 0 Å². The Bertz CT molecular complexity index is 185. The molecule has 2 rings (SSSR count). The van der Waals surface area contributed by atoms with Crippen LogP contribution in [0.5, 0.6) is 0 Å². The highest BCUT2D eigenvalue weighted by Crippen LogP contribution is 2.28. The molecule has 0 spiro atoms. The van der Waals surface area contributed by atoms with Crippen molar-refractivity contribution >= 4 is 0 Å².